The van der Waals surface area contributed by atoms with Crippen molar-refractivity contribution >= 4 is 35.0 Å². The highest BCUT2D eigenvalue weighted by Gasteiger charge is 2.44. The number of hydrogen-bond donors (Lipinski definition) is 2. The molecule has 0 radical (unpaired) electrons. The number of carbonyl (C=O) groups is 2. The lowest BCUT2D eigenvalue weighted by atomic mass is 10.00. The third kappa shape index (κ3) is 2.24. The minimum atomic E-state index is -1.31. The van der Waals surface area contributed by atoms with Gasteiger partial charge >= 0.3 is 5.97 Å². The molecule has 1 amide bonds. The third-order valence-electron chi connectivity index (χ3n) is 3.44. The summed E-state index contributed by atoms with van der Waals surface area (Å²) in [5, 5.41) is 9.17. The fraction of sp³-hybridized carbons (Fsp3) is 0.429. The summed E-state index contributed by atoms with van der Waals surface area (Å²) in [5.41, 5.74) is 5.56. The summed E-state index contributed by atoms with van der Waals surface area (Å²) in [6, 6.07) is 5.27. The second-order valence-electron chi connectivity index (χ2n) is 5.28. The van der Waals surface area contributed by atoms with E-state index in [1.165, 1.54) is 30.5 Å². The predicted molar refractivity (Wildman–Crippen MR) is 80.0 cm³/mol. The van der Waals surface area contributed by atoms with E-state index in [2.05, 4.69) is 0 Å². The first kappa shape index (κ1) is 14.7. The van der Waals surface area contributed by atoms with E-state index in [9.17, 15) is 14.7 Å². The van der Waals surface area contributed by atoms with Crippen LogP contribution < -0.4 is 10.6 Å². The lowest BCUT2D eigenvalue weighted by molar-refractivity contribution is -0.143. The van der Waals surface area contributed by atoms with Crippen LogP contribution in [0.25, 0.3) is 0 Å². The van der Waals surface area contributed by atoms with E-state index in [1.54, 1.807) is 12.1 Å². The van der Waals surface area contributed by atoms with Gasteiger partial charge in [-0.05, 0) is 38.5 Å². The zero-order chi connectivity index (χ0) is 15.1. The molecule has 20 heavy (non-hydrogen) atoms. The Balaban J connectivity index is 2.62. The predicted octanol–water partition coefficient (Wildman–Crippen LogP) is 2.35. The first-order valence-electron chi connectivity index (χ1n) is 6.42. The van der Waals surface area contributed by atoms with Crippen molar-refractivity contribution in [1.82, 2.24) is 0 Å². The van der Waals surface area contributed by atoms with E-state index in [0.29, 0.717) is 17.8 Å². The molecule has 0 aromatic heterocycles. The van der Waals surface area contributed by atoms with Gasteiger partial charge in [-0.25, -0.2) is 4.79 Å². The van der Waals surface area contributed by atoms with Crippen LogP contribution in [0.4, 0.5) is 11.4 Å². The smallest absolute Gasteiger partial charge is 0.329 e. The number of nitrogen functional groups attached to an aromatic ring is 1. The van der Waals surface area contributed by atoms with Gasteiger partial charge in [-0.2, -0.15) is 0 Å². The highest BCUT2D eigenvalue weighted by molar-refractivity contribution is 8.01. The Hall–Kier alpha value is -1.69. The molecule has 0 bridgehead atoms. The number of carbonyl (C=O) groups excluding carboxylic acids is 1. The number of nitrogens with two attached hydrogens (primary N) is 1. The van der Waals surface area contributed by atoms with Crippen LogP contribution in [0.15, 0.2) is 23.1 Å². The monoisotopic (exact) mass is 294 g/mol. The van der Waals surface area contributed by atoms with Crippen LogP contribution in [-0.4, -0.2) is 27.8 Å². The number of anilines is 2. The largest absolute Gasteiger partial charge is 0.480 e. The molecule has 6 heteroatoms. The minimum Gasteiger partial charge on any atom is -0.480 e. The zero-order valence-electron chi connectivity index (χ0n) is 11.7. The number of aliphatic carboxylic acids is 1. The first-order chi connectivity index (χ1) is 9.28. The molecule has 1 heterocycles. The topological polar surface area (TPSA) is 83.6 Å². The van der Waals surface area contributed by atoms with Gasteiger partial charge in [0.25, 0.3) is 0 Å². The number of fused-ring (bicyclic) bond motifs is 1. The van der Waals surface area contributed by atoms with E-state index in [4.69, 9.17) is 5.73 Å². The van der Waals surface area contributed by atoms with E-state index in [-0.39, 0.29) is 11.2 Å². The van der Waals surface area contributed by atoms with Crippen LogP contribution in [0.2, 0.25) is 0 Å². The Morgan fingerprint density at radius 1 is 1.50 bits per heavy atom. The normalized spacial score (nSPS) is 18.9. The van der Waals surface area contributed by atoms with Crippen LogP contribution in [-0.2, 0) is 9.59 Å². The molecular formula is C14H18N2O3S. The molecule has 108 valence electrons. The van der Waals surface area contributed by atoms with Gasteiger partial charge in [-0.15, -0.1) is 11.8 Å². The SMILES string of the molecule is CCC1Sc2ccc(N)cc2N(C(C)(C)C(=O)O)C1=O. The summed E-state index contributed by atoms with van der Waals surface area (Å²) in [6.45, 7) is 4.98. The minimum absolute atomic E-state index is 0.178. The van der Waals surface area contributed by atoms with Crippen molar-refractivity contribution in [2.45, 2.75) is 42.9 Å². The number of benzene rings is 1. The van der Waals surface area contributed by atoms with Crippen molar-refractivity contribution in [3.05, 3.63) is 18.2 Å². The number of carboxylic acid groups (broad SMARTS) is 1. The molecule has 1 unspecified atom stereocenters. The molecule has 0 saturated heterocycles. The lowest BCUT2D eigenvalue weighted by Gasteiger charge is -2.41. The third-order valence-corrected chi connectivity index (χ3v) is 4.86. The van der Waals surface area contributed by atoms with E-state index < -0.39 is 11.5 Å². The molecule has 0 spiro atoms. The maximum atomic E-state index is 12.6. The maximum Gasteiger partial charge on any atom is 0.329 e. The number of hydrogen-bond acceptors (Lipinski definition) is 4. The van der Waals surface area contributed by atoms with Gasteiger partial charge in [0.05, 0.1) is 10.9 Å². The molecule has 1 aromatic carbocycles. The van der Waals surface area contributed by atoms with Gasteiger partial charge < -0.3 is 10.8 Å². The molecule has 1 aliphatic rings. The fourth-order valence-corrected chi connectivity index (χ4v) is 3.30. The summed E-state index contributed by atoms with van der Waals surface area (Å²) < 4.78 is 0. The van der Waals surface area contributed by atoms with Crippen molar-refractivity contribution in [3.8, 4) is 0 Å². The highest BCUT2D eigenvalue weighted by atomic mass is 32.2. The maximum absolute atomic E-state index is 12.6. The number of amides is 1. The molecule has 1 aliphatic heterocycles. The van der Waals surface area contributed by atoms with Gasteiger partial charge in [-0.3, -0.25) is 9.69 Å². The van der Waals surface area contributed by atoms with E-state index in [1.807, 2.05) is 13.0 Å². The molecular weight excluding hydrogens is 276 g/mol. The fourth-order valence-electron chi connectivity index (χ4n) is 2.21. The van der Waals surface area contributed by atoms with Gasteiger partial charge in [0, 0.05) is 10.6 Å². The molecule has 0 fully saturated rings. The standard InChI is InChI=1S/C14H18N2O3S/c1-4-10-12(17)16(14(2,3)13(18)19)9-7-8(15)5-6-11(9)20-10/h5-7,10H,4,15H2,1-3H3,(H,18,19). The quantitative estimate of drug-likeness (QED) is 0.836. The molecule has 0 aliphatic carbocycles. The average molecular weight is 294 g/mol. The Kier molecular flexibility index (Phi) is 3.69. The summed E-state index contributed by atoms with van der Waals surface area (Å²) in [4.78, 5) is 26.4. The Morgan fingerprint density at radius 3 is 2.70 bits per heavy atom. The van der Waals surface area contributed by atoms with Crippen molar-refractivity contribution < 1.29 is 14.7 Å². The Labute approximate surface area is 122 Å². The molecule has 5 nitrogen and oxygen atoms in total. The number of rotatable bonds is 3. The average Bonchev–Trinajstić information content (AvgIpc) is 2.37. The molecule has 0 saturated carbocycles. The van der Waals surface area contributed by atoms with Gasteiger partial charge in [0.15, 0.2) is 0 Å². The summed E-state index contributed by atoms with van der Waals surface area (Å²) in [6.07, 6.45) is 0.652. The van der Waals surface area contributed by atoms with Gasteiger partial charge in [0.2, 0.25) is 5.91 Å². The van der Waals surface area contributed by atoms with Crippen LogP contribution in [0.3, 0.4) is 0 Å². The zero-order valence-corrected chi connectivity index (χ0v) is 12.5. The molecule has 1 atom stereocenters. The van der Waals surface area contributed by atoms with Gasteiger partial charge in [-0.1, -0.05) is 6.92 Å². The van der Waals surface area contributed by atoms with E-state index in [0.717, 1.165) is 4.90 Å². The molecule has 1 aromatic rings. The van der Waals surface area contributed by atoms with Crippen molar-refractivity contribution in [1.29, 1.82) is 0 Å². The second kappa shape index (κ2) is 5.01. The first-order valence-corrected chi connectivity index (χ1v) is 7.30. The highest BCUT2D eigenvalue weighted by Crippen LogP contribution is 2.44. The van der Waals surface area contributed by atoms with Crippen molar-refractivity contribution in [2.75, 3.05) is 10.6 Å². The Bertz CT molecular complexity index is 572. The van der Waals surface area contributed by atoms with Crippen molar-refractivity contribution in [3.63, 3.8) is 0 Å². The second-order valence-corrected chi connectivity index (χ2v) is 6.52. The van der Waals surface area contributed by atoms with Crippen molar-refractivity contribution in [2.24, 2.45) is 0 Å². The summed E-state index contributed by atoms with van der Waals surface area (Å²) in [7, 11) is 0. The summed E-state index contributed by atoms with van der Waals surface area (Å²) >= 11 is 1.47. The Morgan fingerprint density at radius 2 is 2.15 bits per heavy atom. The van der Waals surface area contributed by atoms with E-state index >= 15 is 0 Å². The van der Waals surface area contributed by atoms with Crippen LogP contribution in [0.1, 0.15) is 27.2 Å². The van der Waals surface area contributed by atoms with Crippen LogP contribution in [0.5, 0.6) is 0 Å². The number of nitrogens with zero attached hydrogens (tertiary/aromatic N) is 1. The van der Waals surface area contributed by atoms with Gasteiger partial charge in [0.1, 0.15) is 5.54 Å². The lowest BCUT2D eigenvalue weighted by Crippen LogP contribution is -2.57. The number of thioether (sulfide) groups is 1. The molecule has 3 N–H and O–H groups in total. The molecule has 2 rings (SSSR count). The van der Waals surface area contributed by atoms with Crippen LogP contribution in [0, 0.1) is 0 Å². The summed E-state index contributed by atoms with van der Waals surface area (Å²) in [5.74, 6) is -1.22. The number of carboxylic acids is 1. The van der Waals surface area contributed by atoms with Crippen LogP contribution >= 0.6 is 11.8 Å².